The molecule has 0 aliphatic heterocycles. The zero-order chi connectivity index (χ0) is 10.5. The van der Waals surface area contributed by atoms with Crippen molar-refractivity contribution in [2.24, 2.45) is 17.8 Å². The predicted molar refractivity (Wildman–Crippen MR) is 66.9 cm³/mol. The molecule has 2 bridgehead atoms. The molecule has 0 N–H and O–H groups in total. The first-order valence-corrected chi connectivity index (χ1v) is 7.34. The highest BCUT2D eigenvalue weighted by Crippen LogP contribution is 2.35. The summed E-state index contributed by atoms with van der Waals surface area (Å²) in [6, 6.07) is 0. The Labute approximate surface area is 95.8 Å². The van der Waals surface area contributed by atoms with Crippen molar-refractivity contribution in [1.82, 2.24) is 0 Å². The van der Waals surface area contributed by atoms with E-state index in [1.165, 1.54) is 38.5 Å². The van der Waals surface area contributed by atoms with Crippen molar-refractivity contribution in [2.75, 3.05) is 0 Å². The van der Waals surface area contributed by atoms with Crippen LogP contribution in [-0.2, 0) is 0 Å². The monoisotopic (exact) mass is 208 g/mol. The maximum absolute atomic E-state index is 2.46. The van der Waals surface area contributed by atoms with E-state index in [1.54, 1.807) is 32.1 Å². The van der Waals surface area contributed by atoms with Gasteiger partial charge in [-0.1, -0.05) is 77.6 Å². The third kappa shape index (κ3) is 3.81. The van der Waals surface area contributed by atoms with Crippen LogP contribution in [0.5, 0.6) is 0 Å². The number of hydrogen-bond donors (Lipinski definition) is 0. The smallest absolute Gasteiger partial charge is 0.0414 e. The van der Waals surface area contributed by atoms with Gasteiger partial charge in [0.1, 0.15) is 0 Å². The van der Waals surface area contributed by atoms with E-state index in [1.807, 2.05) is 0 Å². The predicted octanol–water partition coefficient (Wildman–Crippen LogP) is 5.17. The molecule has 3 aliphatic carbocycles. The average Bonchev–Trinajstić information content (AvgIpc) is 2.24. The normalized spacial score (nSPS) is 39.4. The van der Waals surface area contributed by atoms with Crippen molar-refractivity contribution in [3.05, 3.63) is 0 Å². The van der Waals surface area contributed by atoms with Gasteiger partial charge in [-0.25, -0.2) is 0 Å². The fourth-order valence-corrected chi connectivity index (χ4v) is 3.63. The summed E-state index contributed by atoms with van der Waals surface area (Å²) in [7, 11) is 0. The van der Waals surface area contributed by atoms with Crippen LogP contribution >= 0.6 is 0 Å². The molecule has 0 amide bonds. The summed E-state index contributed by atoms with van der Waals surface area (Å²) < 4.78 is 0. The molecule has 0 aromatic rings. The van der Waals surface area contributed by atoms with E-state index in [2.05, 4.69) is 6.92 Å². The minimum atomic E-state index is 1.00. The second kappa shape index (κ2) is 5.92. The Morgan fingerprint density at radius 2 is 1.00 bits per heavy atom. The Hall–Kier alpha value is 0. The van der Waals surface area contributed by atoms with E-state index in [0.717, 1.165) is 17.8 Å². The molecule has 88 valence electrons. The summed E-state index contributed by atoms with van der Waals surface area (Å²) in [5.74, 6) is 3.21. The number of rotatable bonds is 0. The SMILES string of the molecule is CC1CCCCC2CCC(CCC1)CC2. The number of fused-ring (bicyclic) bond motifs is 9. The van der Waals surface area contributed by atoms with Gasteiger partial charge >= 0.3 is 0 Å². The molecule has 1 atom stereocenters. The first kappa shape index (κ1) is 11.5. The molecular weight excluding hydrogens is 180 g/mol. The van der Waals surface area contributed by atoms with Crippen molar-refractivity contribution >= 4 is 0 Å². The van der Waals surface area contributed by atoms with Crippen LogP contribution in [0.2, 0.25) is 0 Å². The van der Waals surface area contributed by atoms with Gasteiger partial charge in [-0.2, -0.15) is 0 Å². The van der Waals surface area contributed by atoms with Crippen molar-refractivity contribution in [2.45, 2.75) is 77.6 Å². The highest BCUT2D eigenvalue weighted by atomic mass is 14.3. The van der Waals surface area contributed by atoms with Crippen LogP contribution in [0.4, 0.5) is 0 Å². The molecule has 0 aromatic carbocycles. The third-order valence-electron chi connectivity index (χ3n) is 4.83. The van der Waals surface area contributed by atoms with Crippen molar-refractivity contribution < 1.29 is 0 Å². The van der Waals surface area contributed by atoms with Gasteiger partial charge < -0.3 is 0 Å². The van der Waals surface area contributed by atoms with Gasteiger partial charge in [-0.3, -0.25) is 0 Å². The zero-order valence-electron chi connectivity index (χ0n) is 10.5. The molecule has 0 heterocycles. The molecule has 15 heavy (non-hydrogen) atoms. The fraction of sp³-hybridized carbons (Fsp3) is 1.00. The second-order valence-electron chi connectivity index (χ2n) is 6.21. The van der Waals surface area contributed by atoms with Crippen LogP contribution < -0.4 is 0 Å². The summed E-state index contributed by atoms with van der Waals surface area (Å²) in [4.78, 5) is 0. The lowest BCUT2D eigenvalue weighted by Gasteiger charge is -2.29. The van der Waals surface area contributed by atoms with E-state index < -0.39 is 0 Å². The Kier molecular flexibility index (Phi) is 4.53. The van der Waals surface area contributed by atoms with Gasteiger partial charge in [-0.15, -0.1) is 0 Å². The maximum Gasteiger partial charge on any atom is -0.0414 e. The lowest BCUT2D eigenvalue weighted by atomic mass is 9.77. The topological polar surface area (TPSA) is 0 Å². The van der Waals surface area contributed by atoms with Crippen LogP contribution in [0.3, 0.4) is 0 Å². The van der Waals surface area contributed by atoms with Crippen molar-refractivity contribution in [3.63, 3.8) is 0 Å². The van der Waals surface area contributed by atoms with Gasteiger partial charge in [0.05, 0.1) is 0 Å². The molecule has 0 heteroatoms. The summed E-state index contributed by atoms with van der Waals surface area (Å²) in [6.45, 7) is 2.46. The van der Waals surface area contributed by atoms with E-state index in [-0.39, 0.29) is 0 Å². The van der Waals surface area contributed by atoms with Crippen LogP contribution in [0.1, 0.15) is 77.6 Å². The lowest BCUT2D eigenvalue weighted by Crippen LogP contribution is -2.15. The van der Waals surface area contributed by atoms with E-state index in [0.29, 0.717) is 0 Å². The molecule has 3 aliphatic rings. The Morgan fingerprint density at radius 1 is 0.533 bits per heavy atom. The molecule has 0 radical (unpaired) electrons. The largest absolute Gasteiger partial charge is 0.0625 e. The van der Waals surface area contributed by atoms with Crippen molar-refractivity contribution in [1.29, 1.82) is 0 Å². The van der Waals surface area contributed by atoms with E-state index in [4.69, 9.17) is 0 Å². The second-order valence-corrected chi connectivity index (χ2v) is 6.21. The van der Waals surface area contributed by atoms with Gasteiger partial charge in [0.2, 0.25) is 0 Å². The Morgan fingerprint density at radius 3 is 1.67 bits per heavy atom. The molecule has 1 unspecified atom stereocenters. The van der Waals surface area contributed by atoms with Gasteiger partial charge in [0.15, 0.2) is 0 Å². The van der Waals surface area contributed by atoms with E-state index >= 15 is 0 Å². The summed E-state index contributed by atoms with van der Waals surface area (Å²) in [5.41, 5.74) is 0. The van der Waals surface area contributed by atoms with Crippen molar-refractivity contribution in [3.8, 4) is 0 Å². The molecule has 3 saturated carbocycles. The third-order valence-corrected chi connectivity index (χ3v) is 4.83. The molecular formula is C15H28. The minimum absolute atomic E-state index is 1.00. The zero-order valence-corrected chi connectivity index (χ0v) is 10.5. The van der Waals surface area contributed by atoms with E-state index in [9.17, 15) is 0 Å². The van der Waals surface area contributed by atoms with Crippen LogP contribution in [-0.4, -0.2) is 0 Å². The maximum atomic E-state index is 2.46. The van der Waals surface area contributed by atoms with Crippen LogP contribution in [0.25, 0.3) is 0 Å². The average molecular weight is 208 g/mol. The summed E-state index contributed by atoms with van der Waals surface area (Å²) in [5, 5.41) is 0. The lowest BCUT2D eigenvalue weighted by molar-refractivity contribution is 0.233. The summed E-state index contributed by atoms with van der Waals surface area (Å²) >= 11 is 0. The van der Waals surface area contributed by atoms with Gasteiger partial charge in [0.25, 0.3) is 0 Å². The van der Waals surface area contributed by atoms with Gasteiger partial charge in [0, 0.05) is 0 Å². The number of hydrogen-bond acceptors (Lipinski definition) is 0. The van der Waals surface area contributed by atoms with Crippen LogP contribution in [0.15, 0.2) is 0 Å². The van der Waals surface area contributed by atoms with Gasteiger partial charge in [-0.05, 0) is 17.8 Å². The minimum Gasteiger partial charge on any atom is -0.0625 e. The van der Waals surface area contributed by atoms with Crippen LogP contribution in [0, 0.1) is 17.8 Å². The first-order valence-electron chi connectivity index (χ1n) is 7.34. The standard InChI is InChI=1S/C15H28/c1-13-5-2-3-7-14-9-11-15(12-10-14)8-4-6-13/h13-15H,2-12H2,1H3. The highest BCUT2D eigenvalue weighted by molar-refractivity contribution is 4.74. The Balaban J connectivity index is 1.82. The Bertz CT molecular complexity index is 165. The molecule has 0 aromatic heterocycles. The summed E-state index contributed by atoms with van der Waals surface area (Å²) in [6.07, 6.45) is 16.8. The quantitative estimate of drug-likeness (QED) is 0.515. The molecule has 0 nitrogen and oxygen atoms in total. The molecule has 3 fully saturated rings. The highest BCUT2D eigenvalue weighted by Gasteiger charge is 2.21. The molecule has 0 saturated heterocycles. The molecule has 0 spiro atoms. The fourth-order valence-electron chi connectivity index (χ4n) is 3.63. The molecule has 3 rings (SSSR count). The first-order chi connectivity index (χ1) is 7.34.